The van der Waals surface area contributed by atoms with Gasteiger partial charge < -0.3 is 4.74 Å². The van der Waals surface area contributed by atoms with Crippen molar-refractivity contribution in [2.75, 3.05) is 6.61 Å². The van der Waals surface area contributed by atoms with Gasteiger partial charge in [0.05, 0.1) is 12.7 Å². The molecular weight excluding hydrogens is 148 g/mol. The summed E-state index contributed by atoms with van der Waals surface area (Å²) in [6, 6.07) is 0. The van der Waals surface area contributed by atoms with Gasteiger partial charge in [-0.05, 0) is 24.7 Å². The third-order valence-electron chi connectivity index (χ3n) is 4.75. The molecule has 0 unspecified atom stereocenters. The number of hydrogen-bond acceptors (Lipinski definition) is 1. The fourth-order valence-electron chi connectivity index (χ4n) is 4.23. The molecule has 1 spiro atoms. The molecule has 0 bridgehead atoms. The van der Waals surface area contributed by atoms with Gasteiger partial charge in [-0.1, -0.05) is 18.6 Å². The average Bonchev–Trinajstić information content (AvgIpc) is 2.44. The minimum Gasteiger partial charge on any atom is -0.377 e. The molecule has 3 fully saturated rings. The lowest BCUT2D eigenvalue weighted by molar-refractivity contribution is -0.0808. The summed E-state index contributed by atoms with van der Waals surface area (Å²) >= 11 is 0. The minimum absolute atomic E-state index is 0.565. The molecule has 3 aliphatic carbocycles. The summed E-state index contributed by atoms with van der Waals surface area (Å²) in [5.74, 6) is 2.87. The first-order valence-corrected chi connectivity index (χ1v) is 5.23. The topological polar surface area (TPSA) is 9.23 Å². The molecule has 1 aliphatic heterocycles. The van der Waals surface area contributed by atoms with Crippen molar-refractivity contribution in [3.8, 4) is 0 Å². The van der Waals surface area contributed by atoms with Crippen molar-refractivity contribution in [3.63, 3.8) is 0 Å². The molecule has 2 saturated carbocycles. The van der Waals surface area contributed by atoms with Crippen molar-refractivity contribution < 1.29 is 4.74 Å². The lowest BCUT2D eigenvalue weighted by Gasteiger charge is -2.63. The highest BCUT2D eigenvalue weighted by molar-refractivity contribution is 5.34. The third kappa shape index (κ3) is 0.422. The molecule has 0 aromatic rings. The largest absolute Gasteiger partial charge is 0.377 e. The molecule has 4 aliphatic rings. The van der Waals surface area contributed by atoms with Gasteiger partial charge in [0.15, 0.2) is 0 Å². The number of ether oxygens (including phenoxy) is 1. The Balaban J connectivity index is 1.82. The summed E-state index contributed by atoms with van der Waals surface area (Å²) in [6.45, 7) is 1.04. The average molecular weight is 162 g/mol. The zero-order valence-electron chi connectivity index (χ0n) is 7.20. The molecule has 1 saturated heterocycles. The molecule has 0 N–H and O–H groups in total. The summed E-state index contributed by atoms with van der Waals surface area (Å²) < 4.78 is 5.88. The fraction of sp³-hybridized carbons (Fsp3) is 0.818. The second kappa shape index (κ2) is 1.65. The van der Waals surface area contributed by atoms with Crippen LogP contribution >= 0.6 is 0 Å². The number of allylic oxidation sites excluding steroid dienone is 1. The second-order valence-electron chi connectivity index (χ2n) is 4.97. The first-order valence-electron chi connectivity index (χ1n) is 5.23. The highest BCUT2D eigenvalue weighted by Crippen LogP contribution is 2.70. The van der Waals surface area contributed by atoms with Crippen LogP contribution in [-0.2, 0) is 4.74 Å². The van der Waals surface area contributed by atoms with Gasteiger partial charge in [0, 0.05) is 11.3 Å². The molecule has 1 heteroatoms. The summed E-state index contributed by atoms with van der Waals surface area (Å²) in [5.41, 5.74) is 0.565. The van der Waals surface area contributed by atoms with E-state index in [-0.39, 0.29) is 0 Å². The Morgan fingerprint density at radius 3 is 3.17 bits per heavy atom. The molecule has 0 aromatic carbocycles. The minimum atomic E-state index is 0.565. The first-order chi connectivity index (χ1) is 5.92. The van der Waals surface area contributed by atoms with Crippen molar-refractivity contribution in [1.82, 2.24) is 0 Å². The van der Waals surface area contributed by atoms with E-state index in [4.69, 9.17) is 4.74 Å². The quantitative estimate of drug-likeness (QED) is 0.495. The van der Waals surface area contributed by atoms with Gasteiger partial charge in [-0.2, -0.15) is 0 Å². The SMILES string of the molecule is C1=C[C@@]23CO[C@@H]4CCC[C@@H]([C@@H]42)[C@@H]13. The fourth-order valence-corrected chi connectivity index (χ4v) is 4.23. The van der Waals surface area contributed by atoms with Gasteiger partial charge in [-0.25, -0.2) is 0 Å². The van der Waals surface area contributed by atoms with Crippen molar-refractivity contribution in [2.45, 2.75) is 25.4 Å². The maximum absolute atomic E-state index is 5.88. The van der Waals surface area contributed by atoms with E-state index in [1.54, 1.807) is 0 Å². The Morgan fingerprint density at radius 1 is 1.33 bits per heavy atom. The van der Waals surface area contributed by atoms with Gasteiger partial charge in [0.1, 0.15) is 0 Å². The maximum Gasteiger partial charge on any atom is 0.0616 e. The molecule has 1 nitrogen and oxygen atoms in total. The lowest BCUT2D eigenvalue weighted by Crippen LogP contribution is -2.61. The zero-order valence-corrected chi connectivity index (χ0v) is 7.20. The number of fused-ring (bicyclic) bond motifs is 1. The van der Waals surface area contributed by atoms with Crippen LogP contribution in [0.1, 0.15) is 19.3 Å². The lowest BCUT2D eigenvalue weighted by atomic mass is 9.39. The Bertz CT molecular complexity index is 270. The van der Waals surface area contributed by atoms with E-state index in [9.17, 15) is 0 Å². The first kappa shape index (κ1) is 6.20. The Kier molecular flexibility index (Phi) is 0.852. The predicted molar refractivity (Wildman–Crippen MR) is 45.6 cm³/mol. The Hall–Kier alpha value is -0.300. The van der Waals surface area contributed by atoms with Crippen LogP contribution in [0.5, 0.6) is 0 Å². The van der Waals surface area contributed by atoms with Crippen molar-refractivity contribution in [1.29, 1.82) is 0 Å². The van der Waals surface area contributed by atoms with Gasteiger partial charge >= 0.3 is 0 Å². The summed E-state index contributed by atoms with van der Waals surface area (Å²) in [7, 11) is 0. The van der Waals surface area contributed by atoms with E-state index >= 15 is 0 Å². The summed E-state index contributed by atoms with van der Waals surface area (Å²) in [6.07, 6.45) is 9.73. The molecule has 5 atom stereocenters. The monoisotopic (exact) mass is 162 g/mol. The van der Waals surface area contributed by atoms with Gasteiger partial charge in [-0.3, -0.25) is 0 Å². The van der Waals surface area contributed by atoms with Crippen LogP contribution in [0.3, 0.4) is 0 Å². The van der Waals surface area contributed by atoms with Crippen molar-refractivity contribution in [3.05, 3.63) is 12.2 Å². The van der Waals surface area contributed by atoms with Gasteiger partial charge in [-0.15, -0.1) is 0 Å². The van der Waals surface area contributed by atoms with Gasteiger partial charge in [0.2, 0.25) is 0 Å². The van der Waals surface area contributed by atoms with Crippen LogP contribution in [0.25, 0.3) is 0 Å². The molecule has 0 radical (unpaired) electrons. The third-order valence-corrected chi connectivity index (χ3v) is 4.75. The molecule has 4 rings (SSSR count). The van der Waals surface area contributed by atoms with Crippen LogP contribution in [0.15, 0.2) is 12.2 Å². The van der Waals surface area contributed by atoms with Crippen molar-refractivity contribution in [2.24, 2.45) is 23.2 Å². The zero-order chi connectivity index (χ0) is 7.76. The van der Waals surface area contributed by atoms with E-state index in [2.05, 4.69) is 12.2 Å². The molecular formula is C11H14O. The standard InChI is InChI=1S/C11H14O/c1-2-7-8-4-5-11(8)6-12-9(3-1)10(7)11/h4-5,7-10H,1-3,6H2/t7-,8-,9-,10+,11+/m1/s1. The summed E-state index contributed by atoms with van der Waals surface area (Å²) in [4.78, 5) is 0. The van der Waals surface area contributed by atoms with E-state index in [0.717, 1.165) is 24.4 Å². The molecule has 64 valence electrons. The second-order valence-corrected chi connectivity index (χ2v) is 4.97. The smallest absolute Gasteiger partial charge is 0.0616 e. The highest BCUT2D eigenvalue weighted by Gasteiger charge is 2.69. The van der Waals surface area contributed by atoms with E-state index in [1.165, 1.54) is 19.3 Å². The van der Waals surface area contributed by atoms with Crippen LogP contribution in [0.2, 0.25) is 0 Å². The number of hydrogen-bond donors (Lipinski definition) is 0. The molecule has 12 heavy (non-hydrogen) atoms. The maximum atomic E-state index is 5.88. The molecule has 1 heterocycles. The molecule has 0 aromatic heterocycles. The van der Waals surface area contributed by atoms with E-state index < -0.39 is 0 Å². The highest BCUT2D eigenvalue weighted by atomic mass is 16.5. The van der Waals surface area contributed by atoms with Crippen molar-refractivity contribution >= 4 is 0 Å². The Morgan fingerprint density at radius 2 is 2.33 bits per heavy atom. The normalized spacial score (nSPS) is 64.7. The summed E-state index contributed by atoms with van der Waals surface area (Å²) in [5, 5.41) is 0. The van der Waals surface area contributed by atoms with Gasteiger partial charge in [0.25, 0.3) is 0 Å². The Labute approximate surface area is 72.8 Å². The van der Waals surface area contributed by atoms with Crippen LogP contribution < -0.4 is 0 Å². The van der Waals surface area contributed by atoms with E-state index in [1.807, 2.05) is 0 Å². The number of rotatable bonds is 0. The molecule has 0 amide bonds. The predicted octanol–water partition coefficient (Wildman–Crippen LogP) is 1.99. The van der Waals surface area contributed by atoms with Crippen LogP contribution in [0, 0.1) is 23.2 Å². The van der Waals surface area contributed by atoms with Crippen LogP contribution in [-0.4, -0.2) is 12.7 Å². The van der Waals surface area contributed by atoms with Crippen LogP contribution in [0.4, 0.5) is 0 Å². The van der Waals surface area contributed by atoms with E-state index in [0.29, 0.717) is 11.5 Å².